The third-order valence-corrected chi connectivity index (χ3v) is 8.59. The molecule has 2 aromatic rings. The first-order valence-corrected chi connectivity index (χ1v) is 11.6. The number of thiophene rings is 1. The molecule has 9 nitrogen and oxygen atoms in total. The number of hydrogen-bond acceptors (Lipinski definition) is 6. The molecule has 2 atom stereocenters. The van der Waals surface area contributed by atoms with Crippen LogP contribution in [0.25, 0.3) is 0 Å². The zero-order chi connectivity index (χ0) is 20.9. The molecular weight excluding hydrogens is 412 g/mol. The van der Waals surface area contributed by atoms with Gasteiger partial charge in [-0.3, -0.25) is 9.48 Å². The Morgan fingerprint density at radius 2 is 2.17 bits per heavy atom. The highest BCUT2D eigenvalue weighted by Crippen LogP contribution is 2.39. The summed E-state index contributed by atoms with van der Waals surface area (Å²) < 4.78 is 30.6. The Bertz CT molecular complexity index is 1130. The fourth-order valence-corrected chi connectivity index (χ4v) is 6.48. The monoisotopic (exact) mass is 434 g/mol. The Labute approximate surface area is 173 Å². The maximum Gasteiger partial charge on any atom is 0.280 e. The number of carbonyl (C=O) groups excluding carboxylic acids is 1. The Balaban J connectivity index is 1.62. The lowest BCUT2D eigenvalue weighted by Crippen LogP contribution is -2.56. The average molecular weight is 435 g/mol. The van der Waals surface area contributed by atoms with Crippen molar-refractivity contribution in [1.29, 1.82) is 5.26 Å². The van der Waals surface area contributed by atoms with Gasteiger partial charge in [-0.15, -0.1) is 11.3 Å². The Kier molecular flexibility index (Phi) is 4.98. The van der Waals surface area contributed by atoms with Gasteiger partial charge >= 0.3 is 0 Å². The summed E-state index contributed by atoms with van der Waals surface area (Å²) in [5.74, 6) is -0.430. The highest BCUT2D eigenvalue weighted by atomic mass is 32.2. The second-order valence-corrected chi connectivity index (χ2v) is 10.3. The van der Waals surface area contributed by atoms with E-state index < -0.39 is 28.2 Å². The Hall–Kier alpha value is -2.26. The third-order valence-electron chi connectivity index (χ3n) is 5.79. The Morgan fingerprint density at radius 1 is 1.41 bits per heavy atom. The van der Waals surface area contributed by atoms with Crippen LogP contribution in [0.5, 0.6) is 0 Å². The molecule has 2 aliphatic rings. The van der Waals surface area contributed by atoms with Crippen molar-refractivity contribution in [3.05, 3.63) is 33.5 Å². The minimum Gasteiger partial charge on any atom is -0.315 e. The summed E-state index contributed by atoms with van der Waals surface area (Å²) in [4.78, 5) is 14.2. The van der Waals surface area contributed by atoms with Crippen LogP contribution in [0.1, 0.15) is 46.1 Å². The van der Waals surface area contributed by atoms with E-state index >= 15 is 0 Å². The van der Waals surface area contributed by atoms with Crippen LogP contribution in [0.3, 0.4) is 0 Å². The molecule has 1 aliphatic heterocycles. The van der Waals surface area contributed by atoms with E-state index in [1.165, 1.54) is 18.4 Å². The molecule has 1 amide bonds. The molecule has 0 spiro atoms. The summed E-state index contributed by atoms with van der Waals surface area (Å²) in [5, 5.41) is 17.1. The summed E-state index contributed by atoms with van der Waals surface area (Å²) in [6.45, 7) is 1.86. The molecular formula is C18H22N6O3S2. The molecule has 2 aromatic heterocycles. The van der Waals surface area contributed by atoms with E-state index in [2.05, 4.69) is 21.2 Å². The van der Waals surface area contributed by atoms with Gasteiger partial charge in [0.25, 0.3) is 10.2 Å². The van der Waals surface area contributed by atoms with Gasteiger partial charge in [-0.1, -0.05) is 0 Å². The molecule has 4 rings (SSSR count). The van der Waals surface area contributed by atoms with Crippen molar-refractivity contribution in [3.63, 3.8) is 0 Å². The number of anilines is 1. The molecule has 0 bridgehead atoms. The summed E-state index contributed by atoms with van der Waals surface area (Å²) in [6.07, 6.45) is 4.66. The number of fused-ring (bicyclic) bond motifs is 1. The van der Waals surface area contributed by atoms with E-state index in [1.54, 1.807) is 17.9 Å². The molecule has 1 fully saturated rings. The first-order chi connectivity index (χ1) is 13.7. The second kappa shape index (κ2) is 7.21. The molecule has 0 aromatic carbocycles. The maximum absolute atomic E-state index is 13.1. The minimum absolute atomic E-state index is 0.265. The molecule has 0 radical (unpaired) electrons. The number of hydrogen-bond donors (Lipinski definition) is 2. The zero-order valence-electron chi connectivity index (χ0n) is 16.4. The van der Waals surface area contributed by atoms with Crippen LogP contribution in [0, 0.1) is 18.3 Å². The average Bonchev–Trinajstić information content (AvgIpc) is 3.33. The number of amides is 1. The lowest BCUT2D eigenvalue weighted by atomic mass is 10.00. The molecule has 0 unspecified atom stereocenters. The summed E-state index contributed by atoms with van der Waals surface area (Å²) in [6, 6.07) is 0.751. The van der Waals surface area contributed by atoms with E-state index in [0.717, 1.165) is 45.3 Å². The molecule has 154 valence electrons. The number of nitrogens with one attached hydrogen (secondary N) is 2. The van der Waals surface area contributed by atoms with E-state index in [-0.39, 0.29) is 6.42 Å². The van der Waals surface area contributed by atoms with E-state index in [4.69, 9.17) is 0 Å². The van der Waals surface area contributed by atoms with Crippen molar-refractivity contribution in [3.8, 4) is 6.07 Å². The highest BCUT2D eigenvalue weighted by Gasteiger charge is 2.42. The standard InChI is InChI=1S/C18H22N6O3S2/c1-10-13(9-20-23(10)2)14-7-15(24(3)29(26,27)22-14)17(25)21-18-12(8-19)11-5-4-6-16(11)28-18/h9,14-15,22H,4-7H2,1-3H3,(H,21,25)/t14-,15+/m0/s1. The number of likely N-dealkylation sites (N-methyl/N-ethyl adjacent to an activating group) is 1. The number of aromatic nitrogens is 2. The van der Waals surface area contributed by atoms with E-state index in [1.807, 2.05) is 6.92 Å². The van der Waals surface area contributed by atoms with Gasteiger partial charge in [-0.05, 0) is 38.2 Å². The van der Waals surface area contributed by atoms with Crippen LogP contribution in [0.15, 0.2) is 6.20 Å². The van der Waals surface area contributed by atoms with Gasteiger partial charge in [0.15, 0.2) is 0 Å². The predicted molar refractivity (Wildman–Crippen MR) is 109 cm³/mol. The van der Waals surface area contributed by atoms with Gasteiger partial charge in [0.1, 0.15) is 17.1 Å². The number of rotatable bonds is 3. The third kappa shape index (κ3) is 3.36. The number of aryl methyl sites for hydroxylation is 2. The van der Waals surface area contributed by atoms with Crippen LogP contribution in [0.2, 0.25) is 0 Å². The first-order valence-electron chi connectivity index (χ1n) is 9.32. The van der Waals surface area contributed by atoms with Gasteiger partial charge in [-0.25, -0.2) is 0 Å². The fraction of sp³-hybridized carbons (Fsp3) is 0.500. The van der Waals surface area contributed by atoms with Gasteiger partial charge in [0.05, 0.1) is 17.8 Å². The predicted octanol–water partition coefficient (Wildman–Crippen LogP) is 1.37. The molecule has 0 saturated carbocycles. The van der Waals surface area contributed by atoms with Crippen LogP contribution in [-0.4, -0.2) is 41.5 Å². The van der Waals surface area contributed by atoms with Gasteiger partial charge in [0, 0.05) is 30.2 Å². The molecule has 2 N–H and O–H groups in total. The number of nitrogens with zero attached hydrogens (tertiary/aromatic N) is 4. The van der Waals surface area contributed by atoms with Gasteiger partial charge in [-0.2, -0.15) is 27.8 Å². The van der Waals surface area contributed by atoms with Crippen molar-refractivity contribution in [2.24, 2.45) is 7.05 Å². The van der Waals surface area contributed by atoms with Crippen molar-refractivity contribution < 1.29 is 13.2 Å². The number of nitriles is 1. The summed E-state index contributed by atoms with van der Waals surface area (Å²) >= 11 is 1.42. The van der Waals surface area contributed by atoms with Gasteiger partial charge < -0.3 is 5.32 Å². The van der Waals surface area contributed by atoms with Crippen molar-refractivity contribution in [1.82, 2.24) is 18.8 Å². The van der Waals surface area contributed by atoms with Crippen LogP contribution >= 0.6 is 11.3 Å². The lowest BCUT2D eigenvalue weighted by Gasteiger charge is -2.36. The van der Waals surface area contributed by atoms with E-state index in [0.29, 0.717) is 10.6 Å². The first kappa shape index (κ1) is 20.0. The molecule has 29 heavy (non-hydrogen) atoms. The van der Waals surface area contributed by atoms with Crippen molar-refractivity contribution in [2.45, 2.75) is 44.7 Å². The quantitative estimate of drug-likeness (QED) is 0.756. The van der Waals surface area contributed by atoms with Crippen molar-refractivity contribution in [2.75, 3.05) is 12.4 Å². The smallest absolute Gasteiger partial charge is 0.280 e. The zero-order valence-corrected chi connectivity index (χ0v) is 18.0. The summed E-state index contributed by atoms with van der Waals surface area (Å²) in [5.41, 5.74) is 3.11. The normalized spacial score (nSPS) is 23.5. The van der Waals surface area contributed by atoms with Crippen molar-refractivity contribution >= 4 is 32.5 Å². The van der Waals surface area contributed by atoms with Crippen LogP contribution in [-0.2, 0) is 34.9 Å². The molecule has 11 heteroatoms. The second-order valence-electron chi connectivity index (χ2n) is 7.41. The molecule has 1 aliphatic carbocycles. The minimum atomic E-state index is -3.84. The SMILES string of the molecule is Cc1c([C@@H]2C[C@H](C(=O)Nc3sc4c(c3C#N)CCC4)N(C)S(=O)(=O)N2)cnn1C. The number of carbonyl (C=O) groups is 1. The van der Waals surface area contributed by atoms with Gasteiger partial charge in [0.2, 0.25) is 5.91 Å². The molecule has 1 saturated heterocycles. The Morgan fingerprint density at radius 3 is 2.83 bits per heavy atom. The largest absolute Gasteiger partial charge is 0.315 e. The maximum atomic E-state index is 13.1. The van der Waals surface area contributed by atoms with Crippen LogP contribution in [0.4, 0.5) is 5.00 Å². The fourth-order valence-electron chi connectivity index (χ4n) is 3.98. The van der Waals surface area contributed by atoms with E-state index in [9.17, 15) is 18.5 Å². The van der Waals surface area contributed by atoms with Crippen LogP contribution < -0.4 is 10.0 Å². The molecule has 3 heterocycles. The summed E-state index contributed by atoms with van der Waals surface area (Å²) in [7, 11) is -0.670. The lowest BCUT2D eigenvalue weighted by molar-refractivity contribution is -0.120. The topological polar surface area (TPSA) is 120 Å². The highest BCUT2D eigenvalue weighted by molar-refractivity contribution is 7.87.